The fourth-order valence-corrected chi connectivity index (χ4v) is 8.64. The van der Waals surface area contributed by atoms with Gasteiger partial charge in [0.2, 0.25) is 0 Å². The van der Waals surface area contributed by atoms with Crippen LogP contribution in [0.5, 0.6) is 0 Å². The molecule has 0 spiro atoms. The molecule has 11 aromatic carbocycles. The molecule has 0 aromatic heterocycles. The highest BCUT2D eigenvalue weighted by molar-refractivity contribution is 6.34. The van der Waals surface area contributed by atoms with Crippen LogP contribution in [0.15, 0.2) is 182 Å². The minimum atomic E-state index is 1.24. The number of rotatable bonds is 3. The molecule has 0 atom stereocenters. The van der Waals surface area contributed by atoms with Gasteiger partial charge in [-0.2, -0.15) is 0 Å². The van der Waals surface area contributed by atoms with Crippen LogP contribution in [0.2, 0.25) is 0 Å². The van der Waals surface area contributed by atoms with Crippen molar-refractivity contribution in [3.63, 3.8) is 0 Å². The molecule has 50 heavy (non-hydrogen) atoms. The molecule has 0 N–H and O–H groups in total. The molecule has 0 bridgehead atoms. The lowest BCUT2D eigenvalue weighted by Crippen LogP contribution is -1.89. The maximum absolute atomic E-state index is 2.38. The molecule has 11 rings (SSSR count). The molecule has 230 valence electrons. The summed E-state index contributed by atoms with van der Waals surface area (Å²) in [5.41, 5.74) is 7.51. The summed E-state index contributed by atoms with van der Waals surface area (Å²) < 4.78 is 0. The molecule has 0 saturated heterocycles. The van der Waals surface area contributed by atoms with Crippen molar-refractivity contribution in [2.24, 2.45) is 0 Å². The maximum atomic E-state index is 2.38. The number of hydrogen-bond donors (Lipinski definition) is 0. The zero-order valence-electron chi connectivity index (χ0n) is 27.3. The summed E-state index contributed by atoms with van der Waals surface area (Å²) in [5, 5.41) is 18.2. The lowest BCUT2D eigenvalue weighted by atomic mass is 9.86. The monoisotopic (exact) mass is 630 g/mol. The van der Waals surface area contributed by atoms with Gasteiger partial charge in [0, 0.05) is 0 Å². The van der Waals surface area contributed by atoms with Gasteiger partial charge in [-0.3, -0.25) is 0 Å². The van der Waals surface area contributed by atoms with E-state index >= 15 is 0 Å². The molecule has 0 radical (unpaired) electrons. The van der Waals surface area contributed by atoms with E-state index in [1.807, 2.05) is 0 Å². The fourth-order valence-electron chi connectivity index (χ4n) is 8.64. The van der Waals surface area contributed by atoms with Crippen molar-refractivity contribution in [1.29, 1.82) is 0 Å². The van der Waals surface area contributed by atoms with Crippen LogP contribution >= 0.6 is 0 Å². The third-order valence-corrected chi connectivity index (χ3v) is 11.0. The van der Waals surface area contributed by atoms with Crippen LogP contribution in [0.1, 0.15) is 0 Å². The van der Waals surface area contributed by atoms with Crippen molar-refractivity contribution in [3.8, 4) is 33.4 Å². The van der Waals surface area contributed by atoms with Crippen LogP contribution in [-0.4, -0.2) is 0 Å². The van der Waals surface area contributed by atoms with Gasteiger partial charge in [-0.25, -0.2) is 0 Å². The van der Waals surface area contributed by atoms with E-state index < -0.39 is 0 Å². The molecule has 0 aliphatic rings. The van der Waals surface area contributed by atoms with E-state index in [-0.39, 0.29) is 0 Å². The first-order valence-corrected chi connectivity index (χ1v) is 17.4. The van der Waals surface area contributed by atoms with Gasteiger partial charge in [0.15, 0.2) is 0 Å². The Balaban J connectivity index is 1.07. The maximum Gasteiger partial charge on any atom is -0.00201 e. The Morgan fingerprint density at radius 1 is 0.200 bits per heavy atom. The van der Waals surface area contributed by atoms with Gasteiger partial charge in [-0.05, 0) is 133 Å². The van der Waals surface area contributed by atoms with Crippen LogP contribution in [0.3, 0.4) is 0 Å². The van der Waals surface area contributed by atoms with Crippen LogP contribution in [0.4, 0.5) is 0 Å². The highest BCUT2D eigenvalue weighted by atomic mass is 14.2. The summed E-state index contributed by atoms with van der Waals surface area (Å²) in [4.78, 5) is 0. The minimum absolute atomic E-state index is 1.24. The van der Waals surface area contributed by atoms with E-state index in [0.29, 0.717) is 0 Å². The number of hydrogen-bond acceptors (Lipinski definition) is 0. The fraction of sp³-hybridized carbons (Fsp3) is 0. The molecule has 0 heteroatoms. The smallest absolute Gasteiger partial charge is 0.00201 e. The van der Waals surface area contributed by atoms with E-state index in [0.717, 1.165) is 0 Å². The largest absolute Gasteiger partial charge is 0.0622 e. The number of benzene rings is 11. The van der Waals surface area contributed by atoms with Crippen molar-refractivity contribution >= 4 is 75.4 Å². The first-order chi connectivity index (χ1) is 24.8. The van der Waals surface area contributed by atoms with Gasteiger partial charge >= 0.3 is 0 Å². The highest BCUT2D eigenvalue weighted by Crippen LogP contribution is 2.44. The Morgan fingerprint density at radius 2 is 0.680 bits per heavy atom. The standard InChI is InChI=1S/C50H30/c1-2-9-31(10-3-1)47-29-33-11-4-5-12-34(33)30-48(47)38-22-24-40-36(28-38)20-19-35-27-37(21-23-39(35)40)41-25-26-46-44-16-7-14-32-13-6-15-43(49(32)44)45-18-8-17-42(41)50(45)46/h1-30H. The number of fused-ring (bicyclic) bond motifs is 6. The van der Waals surface area contributed by atoms with E-state index in [1.54, 1.807) is 0 Å². The lowest BCUT2D eigenvalue weighted by molar-refractivity contribution is 1.62. The predicted octanol–water partition coefficient (Wildman–Crippen LogP) is 14.2. The predicted molar refractivity (Wildman–Crippen MR) is 216 cm³/mol. The third-order valence-electron chi connectivity index (χ3n) is 11.0. The Kier molecular flexibility index (Phi) is 5.76. The van der Waals surface area contributed by atoms with Crippen LogP contribution in [0, 0.1) is 0 Å². The zero-order valence-corrected chi connectivity index (χ0v) is 27.3. The Hall–Kier alpha value is -6.50. The molecule has 0 unspecified atom stereocenters. The summed E-state index contributed by atoms with van der Waals surface area (Å²) in [6, 6.07) is 67.6. The summed E-state index contributed by atoms with van der Waals surface area (Å²) in [6.07, 6.45) is 0. The van der Waals surface area contributed by atoms with Crippen molar-refractivity contribution in [1.82, 2.24) is 0 Å². The Bertz CT molecular complexity index is 3080. The summed E-state index contributed by atoms with van der Waals surface area (Å²) in [5.74, 6) is 0. The van der Waals surface area contributed by atoms with E-state index in [9.17, 15) is 0 Å². The summed E-state index contributed by atoms with van der Waals surface area (Å²) >= 11 is 0. The topological polar surface area (TPSA) is 0 Å². The first-order valence-electron chi connectivity index (χ1n) is 17.4. The summed E-state index contributed by atoms with van der Waals surface area (Å²) in [6.45, 7) is 0. The molecular weight excluding hydrogens is 601 g/mol. The van der Waals surface area contributed by atoms with Crippen molar-refractivity contribution in [3.05, 3.63) is 182 Å². The van der Waals surface area contributed by atoms with Gasteiger partial charge in [0.1, 0.15) is 0 Å². The van der Waals surface area contributed by atoms with Crippen LogP contribution in [-0.2, 0) is 0 Å². The van der Waals surface area contributed by atoms with Crippen molar-refractivity contribution < 1.29 is 0 Å². The van der Waals surface area contributed by atoms with Gasteiger partial charge < -0.3 is 0 Å². The molecular formula is C50H30. The van der Waals surface area contributed by atoms with E-state index in [4.69, 9.17) is 0 Å². The average molecular weight is 631 g/mol. The van der Waals surface area contributed by atoms with Gasteiger partial charge in [0.05, 0.1) is 0 Å². The van der Waals surface area contributed by atoms with Gasteiger partial charge in [0.25, 0.3) is 0 Å². The second-order valence-electron chi connectivity index (χ2n) is 13.6. The molecule has 0 nitrogen and oxygen atoms in total. The second-order valence-corrected chi connectivity index (χ2v) is 13.6. The lowest BCUT2D eigenvalue weighted by Gasteiger charge is -2.17. The summed E-state index contributed by atoms with van der Waals surface area (Å²) in [7, 11) is 0. The quantitative estimate of drug-likeness (QED) is 0.135. The molecule has 0 heterocycles. The van der Waals surface area contributed by atoms with E-state index in [1.165, 1.54) is 109 Å². The Morgan fingerprint density at radius 3 is 1.34 bits per heavy atom. The first kappa shape index (κ1) is 27.5. The third kappa shape index (κ3) is 4.00. The highest BCUT2D eigenvalue weighted by Gasteiger charge is 2.16. The average Bonchev–Trinajstić information content (AvgIpc) is 3.19. The van der Waals surface area contributed by atoms with E-state index in [2.05, 4.69) is 182 Å². The van der Waals surface area contributed by atoms with Crippen LogP contribution in [0.25, 0.3) is 109 Å². The van der Waals surface area contributed by atoms with Gasteiger partial charge in [-0.15, -0.1) is 0 Å². The van der Waals surface area contributed by atoms with Crippen molar-refractivity contribution in [2.75, 3.05) is 0 Å². The Labute approximate surface area is 289 Å². The van der Waals surface area contributed by atoms with Gasteiger partial charge in [-0.1, -0.05) is 158 Å². The zero-order chi connectivity index (χ0) is 32.8. The molecule has 0 amide bonds. The molecule has 0 fully saturated rings. The normalized spacial score (nSPS) is 12.0. The van der Waals surface area contributed by atoms with Crippen LogP contribution < -0.4 is 0 Å². The minimum Gasteiger partial charge on any atom is -0.0622 e. The SMILES string of the molecule is c1ccc(-c2cc3ccccc3cc2-c2ccc3c(ccc4cc(-c5ccc6c7cccc8cccc(c9cccc5c96)c87)ccc43)c2)cc1. The molecule has 0 saturated carbocycles. The molecule has 11 aromatic rings. The second kappa shape index (κ2) is 10.5. The molecule has 0 aliphatic heterocycles. The van der Waals surface area contributed by atoms with Crippen molar-refractivity contribution in [2.45, 2.75) is 0 Å². The molecule has 0 aliphatic carbocycles.